The number of benzene rings is 1. The van der Waals surface area contributed by atoms with Gasteiger partial charge in [0.15, 0.2) is 0 Å². The van der Waals surface area contributed by atoms with Crippen molar-refractivity contribution in [1.29, 1.82) is 0 Å². The zero-order valence-corrected chi connectivity index (χ0v) is 7.50. The normalized spacial score (nSPS) is 10.8. The number of hydroxylamine groups is 1. The minimum Gasteiger partial charge on any atom is -0.361 e. The van der Waals surface area contributed by atoms with E-state index in [0.29, 0.717) is 0 Å². The van der Waals surface area contributed by atoms with Crippen LogP contribution in [0.1, 0.15) is 5.56 Å². The molecule has 0 bridgehead atoms. The molecule has 1 aromatic carbocycles. The van der Waals surface area contributed by atoms with Gasteiger partial charge in [0.2, 0.25) is 0 Å². The first-order valence-corrected chi connectivity index (χ1v) is 4.22. The first-order valence-electron chi connectivity index (χ1n) is 4.22. The van der Waals surface area contributed by atoms with Crippen LogP contribution in [0.25, 0.3) is 10.9 Å². The maximum atomic E-state index is 4.80. The number of rotatable bonds is 3. The zero-order chi connectivity index (χ0) is 9.10. The summed E-state index contributed by atoms with van der Waals surface area (Å²) in [6, 6.07) is 8.21. The van der Waals surface area contributed by atoms with Gasteiger partial charge in [0, 0.05) is 23.6 Å². The van der Waals surface area contributed by atoms with Crippen molar-refractivity contribution in [1.82, 2.24) is 10.5 Å². The molecular formula is C10H12N2O. The molecule has 2 N–H and O–H groups in total. The van der Waals surface area contributed by atoms with Crippen molar-refractivity contribution in [3.8, 4) is 0 Å². The molecule has 2 aromatic rings. The van der Waals surface area contributed by atoms with E-state index in [1.54, 1.807) is 7.11 Å². The number of aromatic amines is 1. The Hall–Kier alpha value is -1.32. The highest BCUT2D eigenvalue weighted by molar-refractivity contribution is 5.82. The summed E-state index contributed by atoms with van der Waals surface area (Å²) in [6.45, 7) is 0.723. The molecule has 0 fully saturated rings. The molecule has 68 valence electrons. The quantitative estimate of drug-likeness (QED) is 0.700. The summed E-state index contributed by atoms with van der Waals surface area (Å²) in [5.74, 6) is 0. The topological polar surface area (TPSA) is 37.0 Å². The van der Waals surface area contributed by atoms with Gasteiger partial charge in [-0.15, -0.1) is 0 Å². The molecule has 0 unspecified atom stereocenters. The van der Waals surface area contributed by atoms with Crippen LogP contribution in [0.3, 0.4) is 0 Å². The van der Waals surface area contributed by atoms with Crippen molar-refractivity contribution in [3.63, 3.8) is 0 Å². The third kappa shape index (κ3) is 1.56. The van der Waals surface area contributed by atoms with Crippen LogP contribution >= 0.6 is 0 Å². The summed E-state index contributed by atoms with van der Waals surface area (Å²) < 4.78 is 0. The second kappa shape index (κ2) is 3.60. The van der Waals surface area contributed by atoms with E-state index in [2.05, 4.69) is 22.6 Å². The summed E-state index contributed by atoms with van der Waals surface area (Å²) in [7, 11) is 1.62. The maximum Gasteiger partial charge on any atom is 0.0572 e. The van der Waals surface area contributed by atoms with Gasteiger partial charge in [-0.2, -0.15) is 5.48 Å². The Bertz CT molecular complexity index is 394. The lowest BCUT2D eigenvalue weighted by molar-refractivity contribution is 0.0870. The van der Waals surface area contributed by atoms with E-state index in [0.717, 1.165) is 12.1 Å². The number of aromatic nitrogens is 1. The molecule has 0 atom stereocenters. The fourth-order valence-corrected chi connectivity index (χ4v) is 1.43. The van der Waals surface area contributed by atoms with Gasteiger partial charge in [-0.25, -0.2) is 0 Å². The molecule has 1 heterocycles. The molecule has 1 aromatic heterocycles. The lowest BCUT2D eigenvalue weighted by Gasteiger charge is -1.99. The van der Waals surface area contributed by atoms with Crippen LogP contribution < -0.4 is 5.48 Å². The van der Waals surface area contributed by atoms with E-state index in [1.165, 1.54) is 10.9 Å². The van der Waals surface area contributed by atoms with E-state index >= 15 is 0 Å². The average molecular weight is 176 g/mol. The van der Waals surface area contributed by atoms with E-state index in [4.69, 9.17) is 4.84 Å². The van der Waals surface area contributed by atoms with Crippen molar-refractivity contribution < 1.29 is 4.84 Å². The second-order valence-electron chi connectivity index (χ2n) is 2.88. The molecule has 3 nitrogen and oxygen atoms in total. The molecule has 0 aliphatic rings. The van der Waals surface area contributed by atoms with Crippen molar-refractivity contribution >= 4 is 10.9 Å². The lowest BCUT2D eigenvalue weighted by Crippen LogP contribution is -2.10. The van der Waals surface area contributed by atoms with Gasteiger partial charge in [-0.1, -0.05) is 18.2 Å². The van der Waals surface area contributed by atoms with Crippen molar-refractivity contribution in [2.75, 3.05) is 7.11 Å². The molecule has 0 aliphatic heterocycles. The van der Waals surface area contributed by atoms with E-state index in [1.807, 2.05) is 18.3 Å². The van der Waals surface area contributed by atoms with Crippen LogP contribution in [0, 0.1) is 0 Å². The fourth-order valence-electron chi connectivity index (χ4n) is 1.43. The van der Waals surface area contributed by atoms with Crippen molar-refractivity contribution in [3.05, 3.63) is 36.0 Å². The Labute approximate surface area is 76.7 Å². The predicted molar refractivity (Wildman–Crippen MR) is 52.1 cm³/mol. The standard InChI is InChI=1S/C10H12N2O/c1-13-12-7-8-6-11-10-5-3-2-4-9(8)10/h2-6,11-12H,7H2,1H3. The molecular weight excluding hydrogens is 164 g/mol. The minimum absolute atomic E-state index is 0.723. The Morgan fingerprint density at radius 3 is 3.08 bits per heavy atom. The van der Waals surface area contributed by atoms with E-state index in [9.17, 15) is 0 Å². The minimum atomic E-state index is 0.723. The predicted octanol–water partition coefficient (Wildman–Crippen LogP) is 1.82. The molecule has 0 spiro atoms. The number of hydrogen-bond donors (Lipinski definition) is 2. The highest BCUT2D eigenvalue weighted by atomic mass is 16.6. The monoisotopic (exact) mass is 176 g/mol. The van der Waals surface area contributed by atoms with Crippen LogP contribution in [0.2, 0.25) is 0 Å². The highest BCUT2D eigenvalue weighted by Gasteiger charge is 2.00. The van der Waals surface area contributed by atoms with Gasteiger partial charge in [-0.3, -0.25) is 0 Å². The molecule has 0 saturated heterocycles. The molecule has 0 saturated carbocycles. The molecule has 3 heteroatoms. The van der Waals surface area contributed by atoms with Gasteiger partial charge in [-0.05, 0) is 11.6 Å². The number of para-hydroxylation sites is 1. The number of nitrogens with one attached hydrogen (secondary N) is 2. The fraction of sp³-hybridized carbons (Fsp3) is 0.200. The Morgan fingerprint density at radius 1 is 1.38 bits per heavy atom. The summed E-state index contributed by atoms with van der Waals surface area (Å²) in [5, 5.41) is 1.24. The third-order valence-electron chi connectivity index (χ3n) is 2.08. The van der Waals surface area contributed by atoms with Crippen molar-refractivity contribution in [2.24, 2.45) is 0 Å². The molecule has 0 aliphatic carbocycles. The summed E-state index contributed by atoms with van der Waals surface area (Å²) >= 11 is 0. The highest BCUT2D eigenvalue weighted by Crippen LogP contribution is 2.16. The van der Waals surface area contributed by atoms with Crippen LogP contribution in [0.15, 0.2) is 30.5 Å². The summed E-state index contributed by atoms with van der Waals surface area (Å²) in [5.41, 5.74) is 5.21. The Balaban J connectivity index is 2.35. The van der Waals surface area contributed by atoms with Gasteiger partial charge in [0.1, 0.15) is 0 Å². The number of fused-ring (bicyclic) bond motifs is 1. The summed E-state index contributed by atoms with van der Waals surface area (Å²) in [6.07, 6.45) is 2.00. The first-order chi connectivity index (χ1) is 6.42. The first kappa shape index (κ1) is 8.29. The Kier molecular flexibility index (Phi) is 2.29. The van der Waals surface area contributed by atoms with Gasteiger partial charge in [0.25, 0.3) is 0 Å². The van der Waals surface area contributed by atoms with Crippen LogP contribution in [-0.2, 0) is 11.4 Å². The number of H-pyrrole nitrogens is 1. The van der Waals surface area contributed by atoms with Crippen molar-refractivity contribution in [2.45, 2.75) is 6.54 Å². The van der Waals surface area contributed by atoms with E-state index < -0.39 is 0 Å². The van der Waals surface area contributed by atoms with Gasteiger partial charge < -0.3 is 9.82 Å². The Morgan fingerprint density at radius 2 is 2.23 bits per heavy atom. The SMILES string of the molecule is CONCc1c[nH]c2ccccc12. The lowest BCUT2D eigenvalue weighted by atomic mass is 10.2. The zero-order valence-electron chi connectivity index (χ0n) is 7.50. The van der Waals surface area contributed by atoms with Crippen LogP contribution in [0.4, 0.5) is 0 Å². The molecule has 0 radical (unpaired) electrons. The van der Waals surface area contributed by atoms with E-state index in [-0.39, 0.29) is 0 Å². The second-order valence-corrected chi connectivity index (χ2v) is 2.88. The summed E-state index contributed by atoms with van der Waals surface area (Å²) in [4.78, 5) is 8.00. The number of hydrogen-bond acceptors (Lipinski definition) is 2. The molecule has 13 heavy (non-hydrogen) atoms. The third-order valence-corrected chi connectivity index (χ3v) is 2.08. The van der Waals surface area contributed by atoms with Crippen LogP contribution in [0.5, 0.6) is 0 Å². The smallest absolute Gasteiger partial charge is 0.0572 e. The molecule has 2 rings (SSSR count). The van der Waals surface area contributed by atoms with Gasteiger partial charge >= 0.3 is 0 Å². The average Bonchev–Trinajstić information content (AvgIpc) is 2.58. The van der Waals surface area contributed by atoms with Crippen LogP contribution in [-0.4, -0.2) is 12.1 Å². The van der Waals surface area contributed by atoms with Gasteiger partial charge in [0.05, 0.1) is 7.11 Å². The largest absolute Gasteiger partial charge is 0.361 e. The maximum absolute atomic E-state index is 4.80. The molecule has 0 amide bonds.